The van der Waals surface area contributed by atoms with Gasteiger partial charge in [0.05, 0.1) is 12.2 Å². The van der Waals surface area contributed by atoms with Crippen molar-refractivity contribution in [3.63, 3.8) is 0 Å². The van der Waals surface area contributed by atoms with Crippen LogP contribution in [0.5, 0.6) is 5.75 Å². The van der Waals surface area contributed by atoms with Gasteiger partial charge >= 0.3 is 5.97 Å². The lowest BCUT2D eigenvalue weighted by Crippen LogP contribution is -2.30. The first kappa shape index (κ1) is 28.2. The number of fused-ring (bicyclic) bond motifs is 1. The smallest absolute Gasteiger partial charge is 0.338 e. The van der Waals surface area contributed by atoms with Crippen molar-refractivity contribution in [1.82, 2.24) is 14.8 Å². The quantitative estimate of drug-likeness (QED) is 0.132. The molecule has 4 rings (SSSR count). The number of halogens is 1. The van der Waals surface area contributed by atoms with E-state index in [4.69, 9.17) is 19.6 Å². The topological polar surface area (TPSA) is 78.3 Å². The Morgan fingerprint density at radius 2 is 1.92 bits per heavy atom. The molecule has 2 aromatic carbocycles. The number of allylic oxidation sites excluding steroid dienone is 1. The molecule has 2 heterocycles. The van der Waals surface area contributed by atoms with Crippen molar-refractivity contribution in [1.29, 1.82) is 0 Å². The molecule has 1 N–H and O–H groups in total. The molecule has 0 saturated carbocycles. The predicted octanol–water partition coefficient (Wildman–Crippen LogP) is 7.45. The van der Waals surface area contributed by atoms with Crippen LogP contribution in [0.3, 0.4) is 0 Å². The number of aryl methyl sites for hydroxylation is 1. The van der Waals surface area contributed by atoms with Crippen LogP contribution in [0.2, 0.25) is 0 Å². The Bertz CT molecular complexity index is 1310. The molecule has 38 heavy (non-hydrogen) atoms. The Kier molecular flexibility index (Phi) is 9.91. The fraction of sp³-hybridized carbons (Fsp3) is 0.414. The first-order valence-corrected chi connectivity index (χ1v) is 14.9. The molecule has 1 aromatic heterocycles. The number of rotatable bonds is 12. The van der Waals surface area contributed by atoms with Crippen LogP contribution in [0, 0.1) is 6.92 Å². The molecule has 0 spiro atoms. The maximum absolute atomic E-state index is 13.5. The molecule has 9 heteroatoms. The van der Waals surface area contributed by atoms with Crippen LogP contribution in [0.15, 0.2) is 63.4 Å². The number of esters is 1. The summed E-state index contributed by atoms with van der Waals surface area (Å²) in [6, 6.07) is 13.5. The molecular formula is C29H35BrN4O3S. The van der Waals surface area contributed by atoms with E-state index in [9.17, 15) is 4.79 Å². The second-order valence-corrected chi connectivity index (χ2v) is 11.3. The minimum Gasteiger partial charge on any atom is -0.489 e. The monoisotopic (exact) mass is 598 g/mol. The highest BCUT2D eigenvalue weighted by Crippen LogP contribution is 2.41. The molecule has 0 aliphatic carbocycles. The van der Waals surface area contributed by atoms with Crippen molar-refractivity contribution in [3.05, 3.63) is 74.9 Å². The van der Waals surface area contributed by atoms with E-state index in [-0.39, 0.29) is 5.97 Å². The number of nitrogens with zero attached hydrogens (tertiary/aromatic N) is 3. The third-order valence-corrected chi connectivity index (χ3v) is 7.84. The van der Waals surface area contributed by atoms with Crippen LogP contribution in [-0.2, 0) is 16.1 Å². The second-order valence-electron chi connectivity index (χ2n) is 9.32. The SMILES string of the molecule is CCCCOC(=O)C1=C(C)Nc2nc(SCCCC)nn2C1c1cc(Br)ccc1OCc1ccccc1C. The summed E-state index contributed by atoms with van der Waals surface area (Å²) in [6.45, 7) is 8.98. The van der Waals surface area contributed by atoms with Crippen LogP contribution >= 0.6 is 27.7 Å². The van der Waals surface area contributed by atoms with Crippen molar-refractivity contribution >= 4 is 39.6 Å². The van der Waals surface area contributed by atoms with E-state index in [1.165, 1.54) is 0 Å². The normalized spacial score (nSPS) is 14.7. The highest BCUT2D eigenvalue weighted by atomic mass is 79.9. The fourth-order valence-corrected chi connectivity index (χ4v) is 5.52. The van der Waals surface area contributed by atoms with Gasteiger partial charge < -0.3 is 14.8 Å². The zero-order valence-corrected chi connectivity index (χ0v) is 24.8. The Morgan fingerprint density at radius 1 is 1.13 bits per heavy atom. The zero-order valence-electron chi connectivity index (χ0n) is 22.4. The Morgan fingerprint density at radius 3 is 2.68 bits per heavy atom. The number of anilines is 1. The molecule has 1 atom stereocenters. The van der Waals surface area contributed by atoms with Crippen LogP contribution in [0.4, 0.5) is 5.95 Å². The minimum atomic E-state index is -0.558. The van der Waals surface area contributed by atoms with Gasteiger partial charge in [0.1, 0.15) is 18.4 Å². The molecular weight excluding hydrogens is 564 g/mol. The van der Waals surface area contributed by atoms with E-state index in [0.717, 1.165) is 52.6 Å². The predicted molar refractivity (Wildman–Crippen MR) is 156 cm³/mol. The molecule has 1 unspecified atom stereocenters. The summed E-state index contributed by atoms with van der Waals surface area (Å²) >= 11 is 5.25. The van der Waals surface area contributed by atoms with Crippen LogP contribution in [-0.4, -0.2) is 33.1 Å². The molecule has 1 aliphatic rings. The number of carbonyl (C=O) groups is 1. The molecule has 0 radical (unpaired) electrons. The van der Waals surface area contributed by atoms with Crippen molar-refractivity contribution in [2.45, 2.75) is 71.2 Å². The molecule has 0 amide bonds. The summed E-state index contributed by atoms with van der Waals surface area (Å²) in [4.78, 5) is 18.2. The first-order valence-electron chi connectivity index (χ1n) is 13.1. The van der Waals surface area contributed by atoms with Crippen LogP contribution in [0.25, 0.3) is 0 Å². The van der Waals surface area contributed by atoms with E-state index < -0.39 is 6.04 Å². The lowest BCUT2D eigenvalue weighted by molar-refractivity contribution is -0.139. The number of benzene rings is 2. The van der Waals surface area contributed by atoms with Crippen LogP contribution in [0.1, 0.15) is 69.2 Å². The highest BCUT2D eigenvalue weighted by Gasteiger charge is 2.37. The van der Waals surface area contributed by atoms with Gasteiger partial charge in [-0.25, -0.2) is 9.48 Å². The number of hydrogen-bond acceptors (Lipinski definition) is 7. The summed E-state index contributed by atoms with van der Waals surface area (Å²) in [5, 5.41) is 8.81. The Hall–Kier alpha value is -2.78. The average molecular weight is 600 g/mol. The maximum Gasteiger partial charge on any atom is 0.338 e. The lowest BCUT2D eigenvalue weighted by atomic mass is 9.95. The summed E-state index contributed by atoms with van der Waals surface area (Å²) in [7, 11) is 0. The van der Waals surface area contributed by atoms with Gasteiger partial charge in [-0.1, -0.05) is 78.6 Å². The summed E-state index contributed by atoms with van der Waals surface area (Å²) in [5.74, 6) is 1.85. The van der Waals surface area contributed by atoms with Crippen molar-refractivity contribution in [3.8, 4) is 5.75 Å². The van der Waals surface area contributed by atoms with Gasteiger partial charge in [-0.15, -0.1) is 5.10 Å². The number of hydrogen-bond donors (Lipinski definition) is 1. The highest BCUT2D eigenvalue weighted by molar-refractivity contribution is 9.10. The van der Waals surface area contributed by atoms with Gasteiger partial charge in [-0.05, 0) is 56.0 Å². The van der Waals surface area contributed by atoms with Crippen molar-refractivity contribution in [2.24, 2.45) is 0 Å². The third-order valence-electron chi connectivity index (χ3n) is 6.42. The fourth-order valence-electron chi connectivity index (χ4n) is 4.23. The van der Waals surface area contributed by atoms with Gasteiger partial charge in [0.2, 0.25) is 11.1 Å². The summed E-state index contributed by atoms with van der Waals surface area (Å²) in [6.07, 6.45) is 3.95. The number of nitrogens with one attached hydrogen (secondary N) is 1. The standard InChI is InChI=1S/C29H35BrN4O3S/c1-5-7-15-36-27(35)25-20(4)31-28-32-29(38-16-8-6-2)33-34(28)26(25)23-17-22(30)13-14-24(23)37-18-21-12-10-9-11-19(21)3/h9-14,17,26H,5-8,15-16,18H2,1-4H3,(H,31,32,33). The molecule has 3 aromatic rings. The maximum atomic E-state index is 13.5. The number of ether oxygens (including phenoxy) is 2. The van der Waals surface area contributed by atoms with Gasteiger partial charge in [0, 0.05) is 21.5 Å². The number of thioether (sulfide) groups is 1. The molecule has 7 nitrogen and oxygen atoms in total. The van der Waals surface area contributed by atoms with Gasteiger partial charge in [-0.2, -0.15) is 4.98 Å². The van der Waals surface area contributed by atoms with E-state index in [2.05, 4.69) is 54.2 Å². The van der Waals surface area contributed by atoms with Gasteiger partial charge in [0.25, 0.3) is 0 Å². The van der Waals surface area contributed by atoms with Gasteiger partial charge in [-0.3, -0.25) is 0 Å². The molecule has 0 fully saturated rings. The first-order chi connectivity index (χ1) is 18.4. The van der Waals surface area contributed by atoms with Crippen molar-refractivity contribution < 1.29 is 14.3 Å². The Labute approximate surface area is 237 Å². The lowest BCUT2D eigenvalue weighted by Gasteiger charge is -2.29. The second kappa shape index (κ2) is 13.3. The van der Waals surface area contributed by atoms with E-state index in [0.29, 0.717) is 41.3 Å². The Balaban J connectivity index is 1.76. The van der Waals surface area contributed by atoms with E-state index in [1.807, 2.05) is 37.3 Å². The average Bonchev–Trinajstić information content (AvgIpc) is 3.30. The van der Waals surface area contributed by atoms with Crippen molar-refractivity contribution in [2.75, 3.05) is 17.7 Å². The van der Waals surface area contributed by atoms with E-state index in [1.54, 1.807) is 16.4 Å². The van der Waals surface area contributed by atoms with E-state index >= 15 is 0 Å². The summed E-state index contributed by atoms with van der Waals surface area (Å²) in [5.41, 5.74) is 4.28. The zero-order chi connectivity index (χ0) is 27.1. The molecule has 0 saturated heterocycles. The molecule has 202 valence electrons. The minimum absolute atomic E-state index is 0.361. The molecule has 0 bridgehead atoms. The summed E-state index contributed by atoms with van der Waals surface area (Å²) < 4.78 is 14.8. The van der Waals surface area contributed by atoms with Crippen LogP contribution < -0.4 is 10.1 Å². The number of aromatic nitrogens is 3. The number of carbonyl (C=O) groups excluding carboxylic acids is 1. The third kappa shape index (κ3) is 6.61. The molecule has 1 aliphatic heterocycles. The van der Waals surface area contributed by atoms with Gasteiger partial charge in [0.15, 0.2) is 0 Å². The number of unbranched alkanes of at least 4 members (excludes halogenated alkanes) is 2. The largest absolute Gasteiger partial charge is 0.489 e.